The van der Waals surface area contributed by atoms with Crippen molar-refractivity contribution in [2.24, 2.45) is 11.8 Å². The molecule has 0 spiro atoms. The molecule has 0 heterocycles. The molecule has 0 bridgehead atoms. The number of aliphatic hydroxyl groups excluding tert-OH is 1. The second-order valence-electron chi connectivity index (χ2n) is 12.2. The van der Waals surface area contributed by atoms with E-state index in [1.54, 1.807) is 0 Å². The quantitative estimate of drug-likeness (QED) is 0.0790. The van der Waals surface area contributed by atoms with Crippen molar-refractivity contribution in [1.29, 1.82) is 0 Å². The fourth-order valence-electron chi connectivity index (χ4n) is 4.69. The maximum atomic E-state index is 11.9. The summed E-state index contributed by atoms with van der Waals surface area (Å²) in [5.41, 5.74) is 0. The highest BCUT2D eigenvalue weighted by Gasteiger charge is 2.12. The Kier molecular flexibility index (Phi) is 26.7. The van der Waals surface area contributed by atoms with E-state index in [-0.39, 0.29) is 25.2 Å². The van der Waals surface area contributed by atoms with E-state index in [9.17, 15) is 14.7 Å². The van der Waals surface area contributed by atoms with Crippen molar-refractivity contribution in [1.82, 2.24) is 0 Å². The van der Waals surface area contributed by atoms with Gasteiger partial charge in [-0.25, -0.2) is 0 Å². The Labute approximate surface area is 236 Å². The Morgan fingerprint density at radius 1 is 0.474 bits per heavy atom. The van der Waals surface area contributed by atoms with Gasteiger partial charge in [0.2, 0.25) is 0 Å². The molecule has 0 saturated carbocycles. The zero-order valence-corrected chi connectivity index (χ0v) is 25.8. The summed E-state index contributed by atoms with van der Waals surface area (Å²) < 4.78 is 10.3. The summed E-state index contributed by atoms with van der Waals surface area (Å²) in [5, 5.41) is 9.93. The molecule has 0 fully saturated rings. The van der Waals surface area contributed by atoms with Crippen LogP contribution in [0.1, 0.15) is 169 Å². The normalized spacial score (nSPS) is 12.3. The summed E-state index contributed by atoms with van der Waals surface area (Å²) in [6.07, 6.45) is 24.5. The van der Waals surface area contributed by atoms with Crippen LogP contribution in [0.25, 0.3) is 0 Å². The first kappa shape index (κ1) is 36.9. The molecule has 1 N–H and O–H groups in total. The lowest BCUT2D eigenvalue weighted by molar-refractivity contribution is -0.152. The minimum Gasteiger partial charge on any atom is -0.463 e. The Hall–Kier alpha value is -1.10. The van der Waals surface area contributed by atoms with Gasteiger partial charge in [-0.15, -0.1) is 0 Å². The van der Waals surface area contributed by atoms with Crippen LogP contribution in [0.4, 0.5) is 0 Å². The smallest absolute Gasteiger partial charge is 0.305 e. The molecule has 0 aliphatic rings. The largest absolute Gasteiger partial charge is 0.463 e. The van der Waals surface area contributed by atoms with Crippen LogP contribution in [0.5, 0.6) is 0 Å². The van der Waals surface area contributed by atoms with Gasteiger partial charge >= 0.3 is 11.9 Å². The van der Waals surface area contributed by atoms with Gasteiger partial charge in [0.25, 0.3) is 0 Å². The summed E-state index contributed by atoms with van der Waals surface area (Å²) >= 11 is 0. The summed E-state index contributed by atoms with van der Waals surface area (Å²) in [4.78, 5) is 23.7. The van der Waals surface area contributed by atoms with E-state index in [4.69, 9.17) is 9.47 Å². The van der Waals surface area contributed by atoms with Gasteiger partial charge in [-0.2, -0.15) is 0 Å². The van der Waals surface area contributed by atoms with Crippen molar-refractivity contribution in [3.63, 3.8) is 0 Å². The summed E-state index contributed by atoms with van der Waals surface area (Å²) in [6.45, 7) is 8.90. The van der Waals surface area contributed by atoms with Gasteiger partial charge in [-0.1, -0.05) is 143 Å². The van der Waals surface area contributed by atoms with Crippen molar-refractivity contribution in [3.05, 3.63) is 0 Å². The lowest BCUT2D eigenvalue weighted by Gasteiger charge is -2.12. The average molecular weight is 541 g/mol. The maximum absolute atomic E-state index is 11.9. The average Bonchev–Trinajstić information content (AvgIpc) is 2.87. The molecular formula is C33H64O5. The van der Waals surface area contributed by atoms with Crippen LogP contribution >= 0.6 is 0 Å². The number of hydrogen-bond donors (Lipinski definition) is 1. The summed E-state index contributed by atoms with van der Waals surface area (Å²) in [7, 11) is 0. The second kappa shape index (κ2) is 27.5. The zero-order valence-electron chi connectivity index (χ0n) is 25.8. The fourth-order valence-corrected chi connectivity index (χ4v) is 4.69. The van der Waals surface area contributed by atoms with Crippen LogP contribution in [-0.2, 0) is 19.1 Å². The highest BCUT2D eigenvalue weighted by molar-refractivity contribution is 5.69. The third-order valence-electron chi connectivity index (χ3n) is 7.20. The molecule has 0 saturated heterocycles. The van der Waals surface area contributed by atoms with E-state index in [0.29, 0.717) is 12.8 Å². The van der Waals surface area contributed by atoms with E-state index < -0.39 is 6.10 Å². The van der Waals surface area contributed by atoms with Gasteiger partial charge in [-0.05, 0) is 24.7 Å². The van der Waals surface area contributed by atoms with E-state index >= 15 is 0 Å². The molecule has 0 aliphatic heterocycles. The van der Waals surface area contributed by atoms with Crippen molar-refractivity contribution in [3.8, 4) is 0 Å². The van der Waals surface area contributed by atoms with E-state index in [1.165, 1.54) is 96.3 Å². The lowest BCUT2D eigenvalue weighted by Crippen LogP contribution is -2.25. The summed E-state index contributed by atoms with van der Waals surface area (Å²) in [5.74, 6) is 1.06. The van der Waals surface area contributed by atoms with Crippen LogP contribution in [-0.4, -0.2) is 36.4 Å². The highest BCUT2D eigenvalue weighted by atomic mass is 16.6. The van der Waals surface area contributed by atoms with E-state index in [0.717, 1.165) is 43.9 Å². The van der Waals surface area contributed by atoms with Crippen LogP contribution in [0.15, 0.2) is 0 Å². The SMILES string of the molecule is CC(C)CCCCCCCCCCCCCCC(=O)OC[C@H](O)COC(=O)CCCCCCCCC(C)C. The van der Waals surface area contributed by atoms with Gasteiger partial charge in [0.1, 0.15) is 19.3 Å². The molecule has 0 rings (SSSR count). The Morgan fingerprint density at radius 2 is 0.737 bits per heavy atom. The number of carbonyl (C=O) groups is 2. The van der Waals surface area contributed by atoms with Gasteiger partial charge in [0, 0.05) is 12.8 Å². The number of rotatable bonds is 28. The summed E-state index contributed by atoms with van der Waals surface area (Å²) in [6, 6.07) is 0. The molecule has 1 atom stereocenters. The molecule has 0 aromatic heterocycles. The van der Waals surface area contributed by atoms with E-state index in [2.05, 4.69) is 27.7 Å². The molecule has 226 valence electrons. The Morgan fingerprint density at radius 3 is 1.03 bits per heavy atom. The molecule has 5 heteroatoms. The van der Waals surface area contributed by atoms with Gasteiger partial charge in [-0.3, -0.25) is 9.59 Å². The van der Waals surface area contributed by atoms with Crippen LogP contribution < -0.4 is 0 Å². The Balaban J connectivity index is 3.41. The Bertz CT molecular complexity index is 531. The van der Waals surface area contributed by atoms with E-state index in [1.807, 2.05) is 0 Å². The second-order valence-corrected chi connectivity index (χ2v) is 12.2. The number of carbonyl (C=O) groups excluding carboxylic acids is 2. The van der Waals surface area contributed by atoms with Crippen molar-refractivity contribution in [2.45, 2.75) is 175 Å². The molecule has 0 unspecified atom stereocenters. The lowest BCUT2D eigenvalue weighted by atomic mass is 10.0. The topological polar surface area (TPSA) is 72.8 Å². The minimum absolute atomic E-state index is 0.111. The number of aliphatic hydroxyl groups is 1. The van der Waals surface area contributed by atoms with Crippen LogP contribution in [0, 0.1) is 11.8 Å². The number of esters is 2. The van der Waals surface area contributed by atoms with Crippen LogP contribution in [0.2, 0.25) is 0 Å². The first-order valence-electron chi connectivity index (χ1n) is 16.3. The standard InChI is InChI=1S/C33H64O5/c1-29(2)23-19-15-11-9-7-5-6-8-10-12-17-21-25-32(35)37-27-31(34)28-38-33(36)26-22-18-14-13-16-20-24-30(3)4/h29-31,34H,5-28H2,1-4H3/t31-/m0/s1. The molecule has 0 aliphatic carbocycles. The molecular weight excluding hydrogens is 476 g/mol. The van der Waals surface area contributed by atoms with Gasteiger partial charge < -0.3 is 14.6 Å². The first-order chi connectivity index (χ1) is 18.3. The third-order valence-corrected chi connectivity index (χ3v) is 7.20. The molecule has 5 nitrogen and oxygen atoms in total. The van der Waals surface area contributed by atoms with Gasteiger partial charge in [0.05, 0.1) is 0 Å². The minimum atomic E-state index is -0.955. The maximum Gasteiger partial charge on any atom is 0.305 e. The fraction of sp³-hybridized carbons (Fsp3) is 0.939. The number of hydrogen-bond acceptors (Lipinski definition) is 5. The molecule has 38 heavy (non-hydrogen) atoms. The molecule has 0 amide bonds. The number of ether oxygens (including phenoxy) is 2. The van der Waals surface area contributed by atoms with Crippen LogP contribution in [0.3, 0.4) is 0 Å². The monoisotopic (exact) mass is 540 g/mol. The predicted molar refractivity (Wildman–Crippen MR) is 159 cm³/mol. The predicted octanol–water partition coefficient (Wildman–Crippen LogP) is 9.33. The third kappa shape index (κ3) is 29.5. The molecule has 0 radical (unpaired) electrons. The molecule has 0 aromatic carbocycles. The van der Waals surface area contributed by atoms with Crippen molar-refractivity contribution < 1.29 is 24.2 Å². The highest BCUT2D eigenvalue weighted by Crippen LogP contribution is 2.15. The van der Waals surface area contributed by atoms with Crippen molar-refractivity contribution in [2.75, 3.05) is 13.2 Å². The molecule has 0 aromatic rings. The first-order valence-corrected chi connectivity index (χ1v) is 16.3. The van der Waals surface area contributed by atoms with Crippen molar-refractivity contribution >= 4 is 11.9 Å². The van der Waals surface area contributed by atoms with Gasteiger partial charge in [0.15, 0.2) is 0 Å². The zero-order chi connectivity index (χ0) is 28.3. The number of unbranched alkanes of at least 4 members (excludes halogenated alkanes) is 16.